The fourth-order valence-corrected chi connectivity index (χ4v) is 3.24. The van der Waals surface area contributed by atoms with Crippen LogP contribution in [0.1, 0.15) is 39.0 Å². The molecule has 7 heteroatoms. The molecule has 6 nitrogen and oxygen atoms in total. The van der Waals surface area contributed by atoms with Crippen molar-refractivity contribution in [3.8, 4) is 0 Å². The Balaban J connectivity index is 0.00000288. The van der Waals surface area contributed by atoms with Crippen molar-refractivity contribution >= 4 is 29.9 Å². The molecule has 0 spiro atoms. The van der Waals surface area contributed by atoms with Crippen molar-refractivity contribution in [2.75, 3.05) is 33.4 Å². The molecule has 24 heavy (non-hydrogen) atoms. The monoisotopic (exact) mass is 449 g/mol. The highest BCUT2D eigenvalue weighted by Gasteiger charge is 2.33. The van der Waals surface area contributed by atoms with Gasteiger partial charge < -0.3 is 19.9 Å². The quantitative estimate of drug-likeness (QED) is 0.346. The number of nitrogens with zero attached hydrogens (tertiary/aromatic N) is 3. The first-order chi connectivity index (χ1) is 11.3. The molecular formula is C17H32IN5O. The summed E-state index contributed by atoms with van der Waals surface area (Å²) in [7, 11) is 1.79. The van der Waals surface area contributed by atoms with E-state index in [9.17, 15) is 0 Å². The molecule has 1 aromatic rings. The van der Waals surface area contributed by atoms with Gasteiger partial charge >= 0.3 is 0 Å². The van der Waals surface area contributed by atoms with Crippen molar-refractivity contribution in [3.63, 3.8) is 0 Å². The number of nitrogens with one attached hydrogen (secondary N) is 2. The Morgan fingerprint density at radius 3 is 2.75 bits per heavy atom. The Labute approximate surface area is 162 Å². The van der Waals surface area contributed by atoms with Gasteiger partial charge in [-0.2, -0.15) is 0 Å². The van der Waals surface area contributed by atoms with Crippen LogP contribution in [0.2, 0.25) is 0 Å². The average Bonchev–Trinajstić information content (AvgIpc) is 3.23. The van der Waals surface area contributed by atoms with Gasteiger partial charge in [0.15, 0.2) is 5.96 Å². The lowest BCUT2D eigenvalue weighted by Gasteiger charge is -2.27. The van der Waals surface area contributed by atoms with Gasteiger partial charge in [-0.1, -0.05) is 12.8 Å². The van der Waals surface area contributed by atoms with E-state index in [0.29, 0.717) is 5.41 Å². The van der Waals surface area contributed by atoms with E-state index >= 15 is 0 Å². The van der Waals surface area contributed by atoms with E-state index in [0.717, 1.165) is 45.2 Å². The summed E-state index contributed by atoms with van der Waals surface area (Å²) in [6.07, 6.45) is 11.9. The summed E-state index contributed by atoms with van der Waals surface area (Å²) in [5.74, 6) is 0.913. The lowest BCUT2D eigenvalue weighted by atomic mass is 9.83. The zero-order chi connectivity index (χ0) is 16.4. The Hall–Kier alpha value is -0.830. The highest BCUT2D eigenvalue weighted by atomic mass is 127. The molecule has 138 valence electrons. The highest BCUT2D eigenvalue weighted by Crippen LogP contribution is 2.41. The van der Waals surface area contributed by atoms with Crippen molar-refractivity contribution in [1.82, 2.24) is 20.2 Å². The summed E-state index contributed by atoms with van der Waals surface area (Å²) in [4.78, 5) is 8.91. The van der Waals surface area contributed by atoms with Gasteiger partial charge in [0.2, 0.25) is 0 Å². The minimum atomic E-state index is 0. The zero-order valence-corrected chi connectivity index (χ0v) is 17.3. The third kappa shape index (κ3) is 6.96. The van der Waals surface area contributed by atoms with E-state index in [1.165, 1.54) is 25.7 Å². The second-order valence-corrected chi connectivity index (χ2v) is 6.37. The third-order valence-corrected chi connectivity index (χ3v) is 4.64. The first-order valence-corrected chi connectivity index (χ1v) is 8.75. The number of rotatable bonds is 9. The van der Waals surface area contributed by atoms with Crippen LogP contribution in [0.25, 0.3) is 0 Å². The minimum Gasteiger partial charge on any atom is -0.385 e. The van der Waals surface area contributed by atoms with Gasteiger partial charge in [-0.3, -0.25) is 4.99 Å². The average molecular weight is 449 g/mol. The normalized spacial score (nSPS) is 16.7. The molecule has 0 saturated heterocycles. The van der Waals surface area contributed by atoms with E-state index in [1.54, 1.807) is 13.3 Å². The molecule has 0 radical (unpaired) electrons. The molecule has 0 atom stereocenters. The van der Waals surface area contributed by atoms with E-state index in [1.807, 2.05) is 12.5 Å². The van der Waals surface area contributed by atoms with Gasteiger partial charge in [0.1, 0.15) is 0 Å². The van der Waals surface area contributed by atoms with Crippen LogP contribution < -0.4 is 10.6 Å². The Bertz CT molecular complexity index is 458. The maximum Gasteiger partial charge on any atom is 0.191 e. The maximum atomic E-state index is 5.30. The molecule has 1 aromatic heterocycles. The number of halogens is 1. The van der Waals surface area contributed by atoms with Crippen LogP contribution in [0.4, 0.5) is 0 Å². The van der Waals surface area contributed by atoms with Crippen LogP contribution in [0.3, 0.4) is 0 Å². The molecule has 0 aromatic carbocycles. The van der Waals surface area contributed by atoms with Gasteiger partial charge in [0.05, 0.1) is 6.33 Å². The van der Waals surface area contributed by atoms with Crippen molar-refractivity contribution in [1.29, 1.82) is 0 Å². The van der Waals surface area contributed by atoms with Crippen molar-refractivity contribution in [2.45, 2.75) is 45.6 Å². The first kappa shape index (κ1) is 21.2. The predicted molar refractivity (Wildman–Crippen MR) is 109 cm³/mol. The number of hydrogen-bond donors (Lipinski definition) is 2. The van der Waals surface area contributed by atoms with Gasteiger partial charge in [-0.25, -0.2) is 4.98 Å². The molecule has 1 fully saturated rings. The van der Waals surface area contributed by atoms with Gasteiger partial charge in [-0.15, -0.1) is 24.0 Å². The van der Waals surface area contributed by atoms with Crippen LogP contribution in [0.15, 0.2) is 23.7 Å². The molecule has 0 aliphatic heterocycles. The number of guanidine groups is 1. The number of aromatic nitrogens is 2. The minimum absolute atomic E-state index is 0. The number of ether oxygens (including phenoxy) is 1. The molecular weight excluding hydrogens is 417 g/mol. The van der Waals surface area contributed by atoms with E-state index in [-0.39, 0.29) is 24.0 Å². The van der Waals surface area contributed by atoms with Crippen molar-refractivity contribution in [3.05, 3.63) is 18.7 Å². The number of imidazole rings is 1. The molecule has 1 saturated carbocycles. The number of methoxy groups -OCH3 is 1. The Kier molecular flexibility index (Phi) is 10.3. The fourth-order valence-electron chi connectivity index (χ4n) is 3.24. The van der Waals surface area contributed by atoms with Crippen LogP contribution in [-0.2, 0) is 11.3 Å². The SMILES string of the molecule is CCNC(=NCC1(CCOC)CCCC1)NCCn1ccnc1.I. The lowest BCUT2D eigenvalue weighted by molar-refractivity contribution is 0.141. The van der Waals surface area contributed by atoms with Crippen LogP contribution in [0, 0.1) is 5.41 Å². The summed E-state index contributed by atoms with van der Waals surface area (Å²) in [5, 5.41) is 6.76. The smallest absolute Gasteiger partial charge is 0.191 e. The molecule has 2 rings (SSSR count). The van der Waals surface area contributed by atoms with Crippen molar-refractivity contribution < 1.29 is 4.74 Å². The largest absolute Gasteiger partial charge is 0.385 e. The van der Waals surface area contributed by atoms with Crippen LogP contribution >= 0.6 is 24.0 Å². The Morgan fingerprint density at radius 1 is 1.33 bits per heavy atom. The third-order valence-electron chi connectivity index (χ3n) is 4.64. The van der Waals surface area contributed by atoms with Crippen LogP contribution in [0.5, 0.6) is 0 Å². The van der Waals surface area contributed by atoms with Gasteiger partial charge in [0.25, 0.3) is 0 Å². The van der Waals surface area contributed by atoms with Crippen LogP contribution in [-0.4, -0.2) is 48.9 Å². The number of hydrogen-bond acceptors (Lipinski definition) is 3. The molecule has 0 unspecified atom stereocenters. The summed E-state index contributed by atoms with van der Waals surface area (Å²) in [6.45, 7) is 6.43. The molecule has 2 N–H and O–H groups in total. The molecule has 1 heterocycles. The molecule has 0 amide bonds. The first-order valence-electron chi connectivity index (χ1n) is 8.75. The predicted octanol–water partition coefficient (Wildman–Crippen LogP) is 2.65. The fraction of sp³-hybridized carbons (Fsp3) is 0.765. The summed E-state index contributed by atoms with van der Waals surface area (Å²) < 4.78 is 7.36. The zero-order valence-electron chi connectivity index (χ0n) is 15.0. The highest BCUT2D eigenvalue weighted by molar-refractivity contribution is 14.0. The second kappa shape index (κ2) is 11.7. The number of aliphatic imine (C=N–C) groups is 1. The van der Waals surface area contributed by atoms with Gasteiger partial charge in [0, 0.05) is 52.3 Å². The second-order valence-electron chi connectivity index (χ2n) is 6.37. The molecule has 1 aliphatic rings. The maximum absolute atomic E-state index is 5.30. The summed E-state index contributed by atoms with van der Waals surface area (Å²) in [5.41, 5.74) is 0.336. The summed E-state index contributed by atoms with van der Waals surface area (Å²) in [6, 6.07) is 0. The topological polar surface area (TPSA) is 63.5 Å². The standard InChI is InChI=1S/C17H31N5O.HI/c1-3-19-16(20-10-12-22-11-9-18-15-22)21-14-17(8-13-23-2)6-4-5-7-17;/h9,11,15H,3-8,10,12-14H2,1-2H3,(H2,19,20,21);1H. The Morgan fingerprint density at radius 2 is 2.12 bits per heavy atom. The summed E-state index contributed by atoms with van der Waals surface area (Å²) >= 11 is 0. The van der Waals surface area contributed by atoms with E-state index in [2.05, 4.69) is 27.1 Å². The van der Waals surface area contributed by atoms with Gasteiger partial charge in [-0.05, 0) is 31.6 Å². The van der Waals surface area contributed by atoms with E-state index in [4.69, 9.17) is 9.73 Å². The van der Waals surface area contributed by atoms with Crippen molar-refractivity contribution in [2.24, 2.45) is 10.4 Å². The van der Waals surface area contributed by atoms with E-state index < -0.39 is 0 Å². The lowest BCUT2D eigenvalue weighted by Crippen LogP contribution is -2.39. The molecule has 1 aliphatic carbocycles. The molecule has 0 bridgehead atoms.